The zero-order chi connectivity index (χ0) is 17.4. The van der Waals surface area contributed by atoms with Gasteiger partial charge in [-0.25, -0.2) is 4.98 Å². The van der Waals surface area contributed by atoms with Gasteiger partial charge in [0.05, 0.1) is 22.3 Å². The molecule has 0 radical (unpaired) electrons. The van der Waals surface area contributed by atoms with Gasteiger partial charge in [0.2, 0.25) is 11.7 Å². The first kappa shape index (κ1) is 14.5. The van der Waals surface area contributed by atoms with Crippen molar-refractivity contribution in [1.82, 2.24) is 19.7 Å². The predicted molar refractivity (Wildman–Crippen MR) is 97.2 cm³/mol. The zero-order valence-corrected chi connectivity index (χ0v) is 14.8. The van der Waals surface area contributed by atoms with E-state index in [1.165, 1.54) is 0 Å². The van der Waals surface area contributed by atoms with E-state index in [1.54, 1.807) is 6.33 Å². The minimum Gasteiger partial charge on any atom is -0.339 e. The number of aromatic nitrogens is 4. The van der Waals surface area contributed by atoms with Crippen LogP contribution in [0.4, 0.5) is 5.82 Å². The number of fused-ring (bicyclic) bond motifs is 6. The van der Waals surface area contributed by atoms with Gasteiger partial charge in [0, 0.05) is 12.5 Å². The van der Waals surface area contributed by atoms with Crippen LogP contribution in [0.2, 0.25) is 5.02 Å². The van der Waals surface area contributed by atoms with Crippen molar-refractivity contribution >= 4 is 23.3 Å². The fourth-order valence-electron chi connectivity index (χ4n) is 3.75. The zero-order valence-electron chi connectivity index (χ0n) is 14.1. The molecule has 1 aromatic carbocycles. The van der Waals surface area contributed by atoms with Crippen molar-refractivity contribution in [3.63, 3.8) is 0 Å². The lowest BCUT2D eigenvalue weighted by Gasteiger charge is -2.30. The number of nitrogens with zero attached hydrogens (tertiary/aromatic N) is 6. The summed E-state index contributed by atoms with van der Waals surface area (Å²) in [4.78, 5) is 16.2. The number of rotatable bonds is 2. The molecule has 130 valence electrons. The number of halogens is 1. The number of aliphatic imine (C=N–C) groups is 1. The van der Waals surface area contributed by atoms with Gasteiger partial charge in [-0.15, -0.1) is 0 Å². The molecule has 0 N–H and O–H groups in total. The maximum atomic E-state index is 6.51. The number of hydrogen-bond acceptors (Lipinski definition) is 6. The van der Waals surface area contributed by atoms with E-state index in [-0.39, 0.29) is 6.04 Å². The van der Waals surface area contributed by atoms with Crippen molar-refractivity contribution in [3.05, 3.63) is 41.0 Å². The van der Waals surface area contributed by atoms with Crippen molar-refractivity contribution in [2.75, 3.05) is 11.4 Å². The van der Waals surface area contributed by atoms with Gasteiger partial charge in [0.15, 0.2) is 11.5 Å². The Hall–Kier alpha value is -2.67. The van der Waals surface area contributed by atoms with Crippen molar-refractivity contribution in [2.24, 2.45) is 4.99 Å². The normalized spacial score (nSPS) is 20.6. The molecule has 2 aliphatic heterocycles. The van der Waals surface area contributed by atoms with Crippen LogP contribution in [-0.4, -0.2) is 38.1 Å². The SMILES string of the molecule is CC1CN2C(=N1)c1c(Cl)cccc1-n1cnc(-c3noc(C4CC4)n3)c12. The van der Waals surface area contributed by atoms with E-state index in [1.807, 2.05) is 22.8 Å². The smallest absolute Gasteiger partial charge is 0.230 e. The molecule has 1 unspecified atom stereocenters. The molecule has 6 rings (SSSR count). The van der Waals surface area contributed by atoms with Gasteiger partial charge in [-0.1, -0.05) is 22.8 Å². The summed E-state index contributed by atoms with van der Waals surface area (Å²) < 4.78 is 7.49. The summed E-state index contributed by atoms with van der Waals surface area (Å²) in [6.45, 7) is 2.87. The van der Waals surface area contributed by atoms with Crippen LogP contribution in [-0.2, 0) is 0 Å². The number of anilines is 1. The van der Waals surface area contributed by atoms with Crippen molar-refractivity contribution in [1.29, 1.82) is 0 Å². The largest absolute Gasteiger partial charge is 0.339 e. The van der Waals surface area contributed by atoms with E-state index < -0.39 is 0 Å². The minimum atomic E-state index is 0.177. The molecule has 1 saturated carbocycles. The number of imidazole rings is 1. The molecular weight excluding hydrogens is 352 g/mol. The van der Waals surface area contributed by atoms with Crippen LogP contribution in [0.1, 0.15) is 37.1 Å². The Bertz CT molecular complexity index is 1080. The summed E-state index contributed by atoms with van der Waals surface area (Å²) in [7, 11) is 0. The van der Waals surface area contributed by atoms with Gasteiger partial charge < -0.3 is 9.42 Å². The molecule has 8 heteroatoms. The van der Waals surface area contributed by atoms with E-state index >= 15 is 0 Å². The molecule has 4 heterocycles. The van der Waals surface area contributed by atoms with Gasteiger partial charge in [-0.2, -0.15) is 4.98 Å². The van der Waals surface area contributed by atoms with Crippen LogP contribution in [0.3, 0.4) is 0 Å². The Morgan fingerprint density at radius 2 is 2.15 bits per heavy atom. The Balaban J connectivity index is 1.58. The second-order valence-electron chi connectivity index (χ2n) is 7.06. The van der Waals surface area contributed by atoms with E-state index in [9.17, 15) is 0 Å². The number of benzene rings is 1. The number of hydrogen-bond donors (Lipinski definition) is 0. The first-order valence-corrected chi connectivity index (χ1v) is 9.14. The summed E-state index contributed by atoms with van der Waals surface area (Å²) in [6.07, 6.45) is 4.04. The molecule has 3 aliphatic rings. The third-order valence-electron chi connectivity index (χ3n) is 5.10. The molecule has 0 saturated heterocycles. The Labute approximate surface area is 154 Å². The van der Waals surface area contributed by atoms with Crippen LogP contribution in [0.15, 0.2) is 34.0 Å². The van der Waals surface area contributed by atoms with Crippen LogP contribution < -0.4 is 4.90 Å². The highest BCUT2D eigenvalue weighted by atomic mass is 35.5. The standard InChI is InChI=1S/C18H15ClN6O/c1-9-7-24-16(21-9)13-11(19)3-2-4-12(13)25-8-20-14(18(24)25)15-22-17(26-23-15)10-5-6-10/h2-4,8-10H,5-7H2,1H3. The van der Waals surface area contributed by atoms with Gasteiger partial charge in [0.1, 0.15) is 12.2 Å². The maximum Gasteiger partial charge on any atom is 0.230 e. The molecule has 26 heavy (non-hydrogen) atoms. The van der Waals surface area contributed by atoms with Gasteiger partial charge >= 0.3 is 0 Å². The molecule has 2 aromatic heterocycles. The Morgan fingerprint density at radius 1 is 1.27 bits per heavy atom. The summed E-state index contributed by atoms with van der Waals surface area (Å²) in [6, 6.07) is 6.05. The van der Waals surface area contributed by atoms with Crippen LogP contribution in [0.5, 0.6) is 0 Å². The second kappa shape index (κ2) is 4.94. The van der Waals surface area contributed by atoms with Gasteiger partial charge in [0.25, 0.3) is 0 Å². The second-order valence-corrected chi connectivity index (χ2v) is 7.47. The quantitative estimate of drug-likeness (QED) is 0.694. The summed E-state index contributed by atoms with van der Waals surface area (Å²) in [5.41, 5.74) is 2.64. The van der Waals surface area contributed by atoms with Crippen molar-refractivity contribution in [2.45, 2.75) is 31.7 Å². The molecule has 0 amide bonds. The van der Waals surface area contributed by atoms with Crippen LogP contribution >= 0.6 is 11.6 Å². The first-order valence-electron chi connectivity index (χ1n) is 8.76. The van der Waals surface area contributed by atoms with E-state index in [0.29, 0.717) is 28.3 Å². The predicted octanol–water partition coefficient (Wildman–Crippen LogP) is 3.42. The lowest BCUT2D eigenvalue weighted by Crippen LogP contribution is -2.35. The molecule has 1 fully saturated rings. The summed E-state index contributed by atoms with van der Waals surface area (Å²) in [5, 5.41) is 4.87. The Morgan fingerprint density at radius 3 is 3.00 bits per heavy atom. The average molecular weight is 367 g/mol. The Kier molecular flexibility index (Phi) is 2.76. The fraction of sp³-hybridized carbons (Fsp3) is 0.333. The molecule has 1 atom stereocenters. The highest BCUT2D eigenvalue weighted by molar-refractivity contribution is 6.36. The van der Waals surface area contributed by atoms with Crippen molar-refractivity contribution < 1.29 is 4.52 Å². The monoisotopic (exact) mass is 366 g/mol. The highest BCUT2D eigenvalue weighted by Crippen LogP contribution is 2.43. The van der Waals surface area contributed by atoms with Gasteiger partial charge in [-0.05, 0) is 31.9 Å². The van der Waals surface area contributed by atoms with E-state index in [0.717, 1.165) is 42.3 Å². The topological polar surface area (TPSA) is 72.3 Å². The average Bonchev–Trinajstić information content (AvgIpc) is 3.05. The number of amidine groups is 1. The third kappa shape index (κ3) is 1.89. The minimum absolute atomic E-state index is 0.177. The summed E-state index contributed by atoms with van der Waals surface area (Å²) >= 11 is 6.51. The fourth-order valence-corrected chi connectivity index (χ4v) is 4.01. The molecular formula is C18H15ClN6O. The van der Waals surface area contributed by atoms with Gasteiger partial charge in [-0.3, -0.25) is 9.56 Å². The van der Waals surface area contributed by atoms with E-state index in [4.69, 9.17) is 21.1 Å². The van der Waals surface area contributed by atoms with E-state index in [2.05, 4.69) is 26.9 Å². The summed E-state index contributed by atoms with van der Waals surface area (Å²) in [5.74, 6) is 3.47. The highest BCUT2D eigenvalue weighted by Gasteiger charge is 2.38. The lowest BCUT2D eigenvalue weighted by molar-refractivity contribution is 0.380. The van der Waals surface area contributed by atoms with Crippen molar-refractivity contribution in [3.8, 4) is 17.2 Å². The first-order chi connectivity index (χ1) is 12.7. The molecule has 0 bridgehead atoms. The lowest BCUT2D eigenvalue weighted by atomic mass is 10.1. The molecule has 7 nitrogen and oxygen atoms in total. The maximum absolute atomic E-state index is 6.51. The molecule has 0 spiro atoms. The molecule has 1 aliphatic carbocycles. The van der Waals surface area contributed by atoms with Crippen LogP contribution in [0.25, 0.3) is 17.2 Å². The van der Waals surface area contributed by atoms with Crippen LogP contribution in [0, 0.1) is 0 Å². The third-order valence-corrected chi connectivity index (χ3v) is 5.41. The molecule has 3 aromatic rings.